The first-order chi connectivity index (χ1) is 7.00. The highest BCUT2D eigenvalue weighted by Crippen LogP contribution is 2.28. The van der Waals surface area contributed by atoms with Crippen LogP contribution in [0.1, 0.15) is 12.0 Å². The number of hydrogen-bond acceptors (Lipinski definition) is 2. The zero-order valence-corrected chi connectivity index (χ0v) is 7.68. The topological polar surface area (TPSA) is 38.0 Å². The molecule has 3 N–H and O–H groups in total. The van der Waals surface area contributed by atoms with E-state index in [0.29, 0.717) is 0 Å². The first-order valence-corrected chi connectivity index (χ1v) is 4.20. The Balaban J connectivity index is 2.86. The number of rotatable bonds is 4. The van der Waals surface area contributed by atoms with Crippen LogP contribution in [0.5, 0.6) is 0 Å². The molecule has 0 saturated heterocycles. The van der Waals surface area contributed by atoms with Crippen molar-refractivity contribution in [3.05, 3.63) is 23.8 Å². The van der Waals surface area contributed by atoms with Crippen LogP contribution in [0.3, 0.4) is 0 Å². The first-order valence-electron chi connectivity index (χ1n) is 4.20. The van der Waals surface area contributed by atoms with E-state index < -0.39 is 19.4 Å². The van der Waals surface area contributed by atoms with Gasteiger partial charge in [0, 0.05) is 16.9 Å². The summed E-state index contributed by atoms with van der Waals surface area (Å²) in [4.78, 5) is 0. The molecule has 0 aliphatic heterocycles. The molecule has 0 saturated carbocycles. The second-order valence-corrected chi connectivity index (χ2v) is 2.92. The molecule has 0 aromatic heterocycles. The SMILES string of the molecule is Nc1ccc(NCC(F)F)c(C(F)F)c1. The molecular weight excluding hydrogens is 212 g/mol. The second kappa shape index (κ2) is 4.86. The number of anilines is 2. The van der Waals surface area contributed by atoms with Crippen molar-refractivity contribution in [1.82, 2.24) is 0 Å². The van der Waals surface area contributed by atoms with E-state index in [0.717, 1.165) is 6.07 Å². The molecule has 6 heteroatoms. The van der Waals surface area contributed by atoms with Crippen molar-refractivity contribution < 1.29 is 17.6 Å². The zero-order chi connectivity index (χ0) is 11.4. The summed E-state index contributed by atoms with van der Waals surface area (Å²) in [7, 11) is 0. The van der Waals surface area contributed by atoms with Crippen molar-refractivity contribution in [2.24, 2.45) is 0 Å². The number of nitrogens with two attached hydrogens (primary N) is 1. The fourth-order valence-corrected chi connectivity index (χ4v) is 1.11. The number of halogens is 4. The van der Waals surface area contributed by atoms with Crippen LogP contribution < -0.4 is 11.1 Å². The summed E-state index contributed by atoms with van der Waals surface area (Å²) >= 11 is 0. The number of hydrogen-bond donors (Lipinski definition) is 2. The Morgan fingerprint density at radius 3 is 2.40 bits per heavy atom. The minimum absolute atomic E-state index is 0.0144. The molecule has 2 nitrogen and oxygen atoms in total. The molecule has 15 heavy (non-hydrogen) atoms. The molecule has 0 unspecified atom stereocenters. The van der Waals surface area contributed by atoms with Crippen LogP contribution in [-0.4, -0.2) is 13.0 Å². The smallest absolute Gasteiger partial charge is 0.265 e. The Hall–Kier alpha value is -1.46. The molecule has 0 heterocycles. The maximum absolute atomic E-state index is 12.4. The van der Waals surface area contributed by atoms with Gasteiger partial charge in [0.05, 0.1) is 6.54 Å². The molecule has 0 spiro atoms. The Kier molecular flexibility index (Phi) is 3.76. The van der Waals surface area contributed by atoms with Crippen LogP contribution in [0.15, 0.2) is 18.2 Å². The van der Waals surface area contributed by atoms with Gasteiger partial charge in [0.15, 0.2) is 0 Å². The summed E-state index contributed by atoms with van der Waals surface area (Å²) in [6.45, 7) is -0.663. The second-order valence-electron chi connectivity index (χ2n) is 2.92. The van der Waals surface area contributed by atoms with Gasteiger partial charge in [-0.3, -0.25) is 0 Å². The minimum atomic E-state index is -2.74. The van der Waals surface area contributed by atoms with Gasteiger partial charge in [-0.15, -0.1) is 0 Å². The minimum Gasteiger partial charge on any atom is -0.399 e. The quantitative estimate of drug-likeness (QED) is 0.607. The lowest BCUT2D eigenvalue weighted by atomic mass is 10.1. The van der Waals surface area contributed by atoms with Crippen LogP contribution in [0.2, 0.25) is 0 Å². The van der Waals surface area contributed by atoms with Crippen LogP contribution in [-0.2, 0) is 0 Å². The Labute approximate surface area is 84.1 Å². The molecule has 0 aliphatic carbocycles. The predicted molar refractivity (Wildman–Crippen MR) is 50.3 cm³/mol. The third kappa shape index (κ3) is 3.30. The fourth-order valence-electron chi connectivity index (χ4n) is 1.11. The molecule has 0 aliphatic rings. The van der Waals surface area contributed by atoms with Crippen molar-refractivity contribution in [3.8, 4) is 0 Å². The molecule has 0 amide bonds. The predicted octanol–water partition coefficient (Wildman–Crippen LogP) is 2.88. The van der Waals surface area contributed by atoms with E-state index in [2.05, 4.69) is 5.32 Å². The Morgan fingerprint density at radius 2 is 1.87 bits per heavy atom. The van der Waals surface area contributed by atoms with Crippen molar-refractivity contribution in [2.45, 2.75) is 12.9 Å². The van der Waals surface area contributed by atoms with Gasteiger partial charge in [-0.25, -0.2) is 17.6 Å². The van der Waals surface area contributed by atoms with Gasteiger partial charge < -0.3 is 11.1 Å². The maximum Gasteiger partial charge on any atom is 0.265 e. The summed E-state index contributed by atoms with van der Waals surface area (Å²) in [6, 6.07) is 3.71. The number of nitrogens with one attached hydrogen (secondary N) is 1. The van der Waals surface area contributed by atoms with E-state index in [4.69, 9.17) is 5.73 Å². The molecule has 1 aromatic carbocycles. The van der Waals surface area contributed by atoms with Crippen molar-refractivity contribution in [3.63, 3.8) is 0 Å². The van der Waals surface area contributed by atoms with Gasteiger partial charge in [0.2, 0.25) is 0 Å². The van der Waals surface area contributed by atoms with Gasteiger partial charge in [-0.2, -0.15) is 0 Å². The molecule has 1 rings (SSSR count). The summed E-state index contributed by atoms with van der Waals surface area (Å²) in [5.74, 6) is 0. The summed E-state index contributed by atoms with van der Waals surface area (Å²) < 4.78 is 48.6. The van der Waals surface area contributed by atoms with Crippen molar-refractivity contribution in [2.75, 3.05) is 17.6 Å². The molecular formula is C9H10F4N2. The average Bonchev–Trinajstić information content (AvgIpc) is 2.15. The van der Waals surface area contributed by atoms with E-state index in [1.54, 1.807) is 0 Å². The highest BCUT2D eigenvalue weighted by molar-refractivity contribution is 5.58. The highest BCUT2D eigenvalue weighted by atomic mass is 19.3. The molecule has 1 aromatic rings. The van der Waals surface area contributed by atoms with E-state index in [9.17, 15) is 17.6 Å². The lowest BCUT2D eigenvalue weighted by Gasteiger charge is -2.11. The average molecular weight is 222 g/mol. The van der Waals surface area contributed by atoms with Gasteiger partial charge in [0.1, 0.15) is 0 Å². The van der Waals surface area contributed by atoms with Crippen molar-refractivity contribution >= 4 is 11.4 Å². The van der Waals surface area contributed by atoms with Gasteiger partial charge >= 0.3 is 0 Å². The summed E-state index contributed by atoms with van der Waals surface area (Å²) in [6.07, 6.45) is -5.33. The fraction of sp³-hybridized carbons (Fsp3) is 0.333. The first kappa shape index (κ1) is 11.6. The lowest BCUT2D eigenvalue weighted by Crippen LogP contribution is -2.12. The monoisotopic (exact) mass is 222 g/mol. The van der Waals surface area contributed by atoms with Crippen molar-refractivity contribution in [1.29, 1.82) is 0 Å². The van der Waals surface area contributed by atoms with Gasteiger partial charge in [0.25, 0.3) is 12.9 Å². The van der Waals surface area contributed by atoms with Crippen LogP contribution in [0.4, 0.5) is 28.9 Å². The van der Waals surface area contributed by atoms with Crippen LogP contribution in [0.25, 0.3) is 0 Å². The summed E-state index contributed by atoms with van der Waals surface area (Å²) in [5.41, 5.74) is 5.11. The van der Waals surface area contributed by atoms with E-state index in [1.807, 2.05) is 0 Å². The lowest BCUT2D eigenvalue weighted by molar-refractivity contribution is 0.150. The van der Waals surface area contributed by atoms with Gasteiger partial charge in [-0.05, 0) is 18.2 Å². The summed E-state index contributed by atoms with van der Waals surface area (Å²) in [5, 5.41) is 2.24. The normalized spacial score (nSPS) is 11.1. The van der Waals surface area contributed by atoms with E-state index in [-0.39, 0.29) is 16.9 Å². The standard InChI is InChI=1S/C9H10F4N2/c10-8(11)4-15-7-2-1-5(14)3-6(7)9(12)13/h1-3,8-9,15H,4,14H2. The Morgan fingerprint density at radius 1 is 1.20 bits per heavy atom. The number of alkyl halides is 4. The molecule has 0 atom stereocenters. The molecule has 0 bridgehead atoms. The maximum atomic E-state index is 12.4. The Bertz CT molecular complexity index is 328. The third-order valence-corrected chi connectivity index (χ3v) is 1.76. The largest absolute Gasteiger partial charge is 0.399 e. The number of nitrogen functional groups attached to an aromatic ring is 1. The zero-order valence-electron chi connectivity index (χ0n) is 7.68. The van der Waals surface area contributed by atoms with Crippen LogP contribution in [0, 0.1) is 0 Å². The highest BCUT2D eigenvalue weighted by Gasteiger charge is 2.14. The molecule has 84 valence electrons. The molecule has 0 radical (unpaired) electrons. The van der Waals surface area contributed by atoms with Crippen LogP contribution >= 0.6 is 0 Å². The van der Waals surface area contributed by atoms with E-state index >= 15 is 0 Å². The van der Waals surface area contributed by atoms with E-state index in [1.165, 1.54) is 12.1 Å². The number of benzene rings is 1. The molecule has 0 fully saturated rings. The third-order valence-electron chi connectivity index (χ3n) is 1.76. The van der Waals surface area contributed by atoms with Gasteiger partial charge in [-0.1, -0.05) is 0 Å².